The van der Waals surface area contributed by atoms with Crippen molar-refractivity contribution in [3.8, 4) is 5.75 Å². The summed E-state index contributed by atoms with van der Waals surface area (Å²) >= 11 is 0. The van der Waals surface area contributed by atoms with Crippen LogP contribution < -0.4 is 5.32 Å². The van der Waals surface area contributed by atoms with Gasteiger partial charge in [-0.15, -0.1) is 0 Å². The molecule has 0 saturated heterocycles. The number of amides is 1. The minimum absolute atomic E-state index is 0.0396. The molecule has 0 fully saturated rings. The van der Waals surface area contributed by atoms with E-state index in [9.17, 15) is 9.90 Å². The number of aromatic amines is 1. The number of carbonyl (C=O) groups is 1. The summed E-state index contributed by atoms with van der Waals surface area (Å²) in [7, 11) is 1.79. The molecule has 0 aromatic carbocycles. The first-order chi connectivity index (χ1) is 10.1. The van der Waals surface area contributed by atoms with Gasteiger partial charge in [-0.25, -0.2) is 9.67 Å². The van der Waals surface area contributed by atoms with Gasteiger partial charge in [0.1, 0.15) is 11.6 Å². The van der Waals surface area contributed by atoms with Crippen LogP contribution >= 0.6 is 0 Å². The van der Waals surface area contributed by atoms with Gasteiger partial charge in [0.2, 0.25) is 0 Å². The molecule has 0 bridgehead atoms. The highest BCUT2D eigenvalue weighted by atomic mass is 16.3. The van der Waals surface area contributed by atoms with E-state index < -0.39 is 5.91 Å². The minimum atomic E-state index is -0.510. The molecule has 0 aliphatic rings. The van der Waals surface area contributed by atoms with Gasteiger partial charge >= 0.3 is 0 Å². The Labute approximate surface area is 119 Å². The van der Waals surface area contributed by atoms with E-state index in [-0.39, 0.29) is 11.4 Å². The molecule has 0 atom stereocenters. The number of pyridine rings is 1. The molecular weight excluding hydrogens is 272 g/mol. The molecule has 0 aliphatic carbocycles. The predicted octanol–water partition coefficient (Wildman–Crippen LogP) is 1.21. The third-order valence-corrected chi connectivity index (χ3v) is 3.19. The zero-order valence-electron chi connectivity index (χ0n) is 11.6. The van der Waals surface area contributed by atoms with Crippen LogP contribution in [0.1, 0.15) is 23.1 Å². The molecule has 3 aromatic rings. The average Bonchev–Trinajstić information content (AvgIpc) is 3.01. The largest absolute Gasteiger partial charge is 0.505 e. The van der Waals surface area contributed by atoms with Crippen LogP contribution in [-0.4, -0.2) is 36.0 Å². The summed E-state index contributed by atoms with van der Waals surface area (Å²) in [4.78, 5) is 16.0. The van der Waals surface area contributed by atoms with E-state index in [1.165, 1.54) is 12.3 Å². The standard InChI is InChI=1S/C13H14N6O2/c1-3-7-9-11(16-17-12(9)19(2)18-7)15-13(21)10-8(20)5-4-6-14-10/h4-6,20H,3H2,1-2H3,(H2,15,16,17,21). The zero-order chi connectivity index (χ0) is 15.0. The number of rotatable bonds is 3. The smallest absolute Gasteiger partial charge is 0.279 e. The summed E-state index contributed by atoms with van der Waals surface area (Å²) in [5.41, 5.74) is 1.45. The Kier molecular flexibility index (Phi) is 3.05. The van der Waals surface area contributed by atoms with E-state index >= 15 is 0 Å². The second-order valence-corrected chi connectivity index (χ2v) is 4.55. The van der Waals surface area contributed by atoms with E-state index in [0.717, 1.165) is 11.1 Å². The van der Waals surface area contributed by atoms with E-state index in [1.54, 1.807) is 17.8 Å². The van der Waals surface area contributed by atoms with Crippen molar-refractivity contribution in [1.29, 1.82) is 0 Å². The Bertz CT molecular complexity index is 819. The van der Waals surface area contributed by atoms with Crippen molar-refractivity contribution in [3.63, 3.8) is 0 Å². The molecule has 0 spiro atoms. The van der Waals surface area contributed by atoms with Gasteiger partial charge in [-0.3, -0.25) is 9.89 Å². The van der Waals surface area contributed by atoms with Gasteiger partial charge < -0.3 is 10.4 Å². The summed E-state index contributed by atoms with van der Waals surface area (Å²) in [5.74, 6) is -0.234. The van der Waals surface area contributed by atoms with Crippen molar-refractivity contribution in [2.75, 3.05) is 5.32 Å². The fourth-order valence-corrected chi connectivity index (χ4v) is 2.20. The summed E-state index contributed by atoms with van der Waals surface area (Å²) < 4.78 is 1.65. The molecular formula is C13H14N6O2. The Hall–Kier alpha value is -2.90. The number of aromatic hydroxyl groups is 1. The minimum Gasteiger partial charge on any atom is -0.505 e. The summed E-state index contributed by atoms with van der Waals surface area (Å²) in [6.45, 7) is 1.98. The molecule has 3 rings (SSSR count). The van der Waals surface area contributed by atoms with Crippen LogP contribution in [0.2, 0.25) is 0 Å². The summed E-state index contributed by atoms with van der Waals surface area (Å²) in [6.07, 6.45) is 2.16. The first kappa shape index (κ1) is 13.1. The van der Waals surface area contributed by atoms with Gasteiger partial charge in [-0.05, 0) is 18.6 Å². The molecule has 0 saturated carbocycles. The number of anilines is 1. The lowest BCUT2D eigenvalue weighted by Gasteiger charge is -2.04. The normalized spacial score (nSPS) is 11.0. The second-order valence-electron chi connectivity index (χ2n) is 4.55. The quantitative estimate of drug-likeness (QED) is 0.670. The number of hydrogen-bond donors (Lipinski definition) is 3. The number of hydrogen-bond acceptors (Lipinski definition) is 5. The lowest BCUT2D eigenvalue weighted by molar-refractivity contribution is 0.101. The molecule has 21 heavy (non-hydrogen) atoms. The van der Waals surface area contributed by atoms with Gasteiger partial charge in [-0.2, -0.15) is 10.2 Å². The Balaban J connectivity index is 1.99. The molecule has 8 nitrogen and oxygen atoms in total. The summed E-state index contributed by atoms with van der Waals surface area (Å²) in [5, 5.41) is 24.4. The maximum absolute atomic E-state index is 12.2. The Morgan fingerprint density at radius 3 is 3.05 bits per heavy atom. The first-order valence-corrected chi connectivity index (χ1v) is 6.47. The zero-order valence-corrected chi connectivity index (χ0v) is 11.6. The van der Waals surface area contributed by atoms with Gasteiger partial charge in [0.05, 0.1) is 11.1 Å². The highest BCUT2D eigenvalue weighted by Gasteiger charge is 2.19. The van der Waals surface area contributed by atoms with E-state index in [0.29, 0.717) is 17.9 Å². The summed E-state index contributed by atoms with van der Waals surface area (Å²) in [6, 6.07) is 2.96. The Morgan fingerprint density at radius 2 is 2.33 bits per heavy atom. The van der Waals surface area contributed by atoms with Crippen LogP contribution in [-0.2, 0) is 13.5 Å². The van der Waals surface area contributed by atoms with Gasteiger partial charge in [0.25, 0.3) is 5.91 Å². The third-order valence-electron chi connectivity index (χ3n) is 3.19. The molecule has 108 valence electrons. The average molecular weight is 286 g/mol. The SMILES string of the molecule is CCc1nn(C)c2n[nH]c(NC(=O)c3ncccc3O)c12. The lowest BCUT2D eigenvalue weighted by Crippen LogP contribution is -2.14. The number of carbonyl (C=O) groups excluding carboxylic acids is 1. The highest BCUT2D eigenvalue weighted by Crippen LogP contribution is 2.25. The number of fused-ring (bicyclic) bond motifs is 1. The molecule has 0 aliphatic heterocycles. The van der Waals surface area contributed by atoms with Crippen molar-refractivity contribution < 1.29 is 9.90 Å². The molecule has 3 N–H and O–H groups in total. The van der Waals surface area contributed by atoms with Crippen LogP contribution in [0.25, 0.3) is 11.0 Å². The van der Waals surface area contributed by atoms with Crippen LogP contribution in [0.15, 0.2) is 18.3 Å². The molecule has 0 unspecified atom stereocenters. The van der Waals surface area contributed by atoms with E-state index in [2.05, 4.69) is 25.6 Å². The van der Waals surface area contributed by atoms with E-state index in [1.807, 2.05) is 6.92 Å². The predicted molar refractivity (Wildman–Crippen MR) is 76.1 cm³/mol. The van der Waals surface area contributed by atoms with E-state index in [4.69, 9.17) is 0 Å². The molecule has 1 amide bonds. The molecule has 8 heteroatoms. The number of nitrogens with one attached hydrogen (secondary N) is 2. The van der Waals surface area contributed by atoms with Crippen LogP contribution in [0, 0.1) is 0 Å². The van der Waals surface area contributed by atoms with Crippen molar-refractivity contribution in [2.45, 2.75) is 13.3 Å². The molecule has 3 aromatic heterocycles. The second kappa shape index (κ2) is 4.89. The lowest BCUT2D eigenvalue weighted by atomic mass is 10.2. The topological polar surface area (TPSA) is 109 Å². The van der Waals surface area contributed by atoms with Crippen LogP contribution in [0.3, 0.4) is 0 Å². The van der Waals surface area contributed by atoms with Gasteiger partial charge in [-0.1, -0.05) is 6.92 Å². The van der Waals surface area contributed by atoms with Crippen molar-refractivity contribution in [1.82, 2.24) is 25.0 Å². The maximum atomic E-state index is 12.2. The maximum Gasteiger partial charge on any atom is 0.279 e. The number of aryl methyl sites for hydroxylation is 2. The van der Waals surface area contributed by atoms with Crippen molar-refractivity contribution in [2.24, 2.45) is 7.05 Å². The monoisotopic (exact) mass is 286 g/mol. The third kappa shape index (κ3) is 2.10. The molecule has 0 radical (unpaired) electrons. The van der Waals surface area contributed by atoms with Crippen molar-refractivity contribution in [3.05, 3.63) is 29.7 Å². The number of nitrogens with zero attached hydrogens (tertiary/aromatic N) is 4. The fraction of sp³-hybridized carbons (Fsp3) is 0.231. The Morgan fingerprint density at radius 1 is 1.52 bits per heavy atom. The van der Waals surface area contributed by atoms with Crippen LogP contribution in [0.4, 0.5) is 5.82 Å². The van der Waals surface area contributed by atoms with Gasteiger partial charge in [0.15, 0.2) is 11.3 Å². The molecule has 3 heterocycles. The number of H-pyrrole nitrogens is 1. The number of aromatic nitrogens is 5. The van der Waals surface area contributed by atoms with Gasteiger partial charge in [0, 0.05) is 13.2 Å². The first-order valence-electron chi connectivity index (χ1n) is 6.47. The van der Waals surface area contributed by atoms with Crippen LogP contribution in [0.5, 0.6) is 5.75 Å². The van der Waals surface area contributed by atoms with Crippen molar-refractivity contribution >= 4 is 22.8 Å². The fourth-order valence-electron chi connectivity index (χ4n) is 2.20. The highest BCUT2D eigenvalue weighted by molar-refractivity contribution is 6.08.